The van der Waals surface area contributed by atoms with E-state index in [0.29, 0.717) is 24.8 Å². The quantitative estimate of drug-likeness (QED) is 0.831. The lowest BCUT2D eigenvalue weighted by molar-refractivity contribution is -0.116. The molecule has 0 radical (unpaired) electrons. The summed E-state index contributed by atoms with van der Waals surface area (Å²) in [5, 5.41) is 5.52. The summed E-state index contributed by atoms with van der Waals surface area (Å²) < 4.78 is 22.8. The molecule has 1 unspecified atom stereocenters. The highest BCUT2D eigenvalue weighted by molar-refractivity contribution is 7.91. The van der Waals surface area contributed by atoms with Crippen LogP contribution in [0.4, 0.5) is 5.69 Å². The second kappa shape index (κ2) is 5.14. The molecule has 112 valence electrons. The molecular weight excluding hydrogens is 292 g/mol. The predicted octanol–water partition coefficient (Wildman–Crippen LogP) is 0.488. The number of hydrogen-bond donors (Lipinski definition) is 2. The lowest BCUT2D eigenvalue weighted by Crippen LogP contribution is -2.35. The largest absolute Gasteiger partial charge is 0.348 e. The van der Waals surface area contributed by atoms with Crippen LogP contribution in [-0.4, -0.2) is 37.8 Å². The molecular formula is C14H16N2O4S. The van der Waals surface area contributed by atoms with Crippen LogP contribution in [-0.2, 0) is 21.1 Å². The molecule has 1 aromatic rings. The number of rotatable bonds is 2. The standard InChI is InChI=1S/C14H16N2O4S/c17-13-4-2-9-7-10(1-3-12(9)16-13)14(18)15-11-5-6-21(19,20)8-11/h1,3,7,11H,2,4-6,8H2,(H,15,18)(H,16,17). The fraction of sp³-hybridized carbons (Fsp3) is 0.429. The van der Waals surface area contributed by atoms with E-state index < -0.39 is 9.84 Å². The Morgan fingerprint density at radius 1 is 1.29 bits per heavy atom. The minimum absolute atomic E-state index is 0.0136. The van der Waals surface area contributed by atoms with E-state index in [9.17, 15) is 18.0 Å². The van der Waals surface area contributed by atoms with Gasteiger partial charge in [0.15, 0.2) is 9.84 Å². The van der Waals surface area contributed by atoms with Crippen molar-refractivity contribution >= 4 is 27.3 Å². The third kappa shape index (κ3) is 3.07. The smallest absolute Gasteiger partial charge is 0.251 e. The van der Waals surface area contributed by atoms with E-state index >= 15 is 0 Å². The molecule has 6 nitrogen and oxygen atoms in total. The van der Waals surface area contributed by atoms with Crippen molar-refractivity contribution in [3.63, 3.8) is 0 Å². The molecule has 1 atom stereocenters. The van der Waals surface area contributed by atoms with Crippen molar-refractivity contribution < 1.29 is 18.0 Å². The molecule has 0 aromatic heterocycles. The van der Waals surface area contributed by atoms with E-state index in [1.54, 1.807) is 18.2 Å². The third-order valence-electron chi connectivity index (χ3n) is 3.83. The molecule has 2 amide bonds. The number of amides is 2. The minimum atomic E-state index is -3.01. The first-order chi connectivity index (χ1) is 9.93. The van der Waals surface area contributed by atoms with Gasteiger partial charge in [-0.2, -0.15) is 0 Å². The maximum Gasteiger partial charge on any atom is 0.251 e. The van der Waals surface area contributed by atoms with Crippen molar-refractivity contribution in [3.8, 4) is 0 Å². The molecule has 0 aliphatic carbocycles. The number of benzene rings is 1. The van der Waals surface area contributed by atoms with Crippen LogP contribution < -0.4 is 10.6 Å². The van der Waals surface area contributed by atoms with Gasteiger partial charge >= 0.3 is 0 Å². The summed E-state index contributed by atoms with van der Waals surface area (Å²) in [6, 6.07) is 4.81. The van der Waals surface area contributed by atoms with Gasteiger partial charge < -0.3 is 10.6 Å². The molecule has 0 spiro atoms. The number of hydrogen-bond acceptors (Lipinski definition) is 4. The van der Waals surface area contributed by atoms with Crippen molar-refractivity contribution in [2.75, 3.05) is 16.8 Å². The fourth-order valence-corrected chi connectivity index (χ4v) is 4.38. The third-order valence-corrected chi connectivity index (χ3v) is 5.60. The number of nitrogens with one attached hydrogen (secondary N) is 2. The molecule has 2 heterocycles. The van der Waals surface area contributed by atoms with Crippen molar-refractivity contribution in [1.82, 2.24) is 5.32 Å². The van der Waals surface area contributed by atoms with Gasteiger partial charge in [0.2, 0.25) is 5.91 Å². The van der Waals surface area contributed by atoms with Gasteiger partial charge in [-0.3, -0.25) is 9.59 Å². The molecule has 1 saturated heterocycles. The van der Waals surface area contributed by atoms with Gasteiger partial charge in [0, 0.05) is 23.7 Å². The highest BCUT2D eigenvalue weighted by Crippen LogP contribution is 2.23. The summed E-state index contributed by atoms with van der Waals surface area (Å²) in [5.74, 6) is -0.138. The van der Waals surface area contributed by atoms with E-state index in [2.05, 4.69) is 10.6 Å². The van der Waals surface area contributed by atoms with Gasteiger partial charge in [0.25, 0.3) is 5.91 Å². The van der Waals surface area contributed by atoms with E-state index in [1.807, 2.05) is 0 Å². The van der Waals surface area contributed by atoms with Crippen molar-refractivity contribution in [2.45, 2.75) is 25.3 Å². The van der Waals surface area contributed by atoms with Gasteiger partial charge in [0.1, 0.15) is 0 Å². The van der Waals surface area contributed by atoms with Gasteiger partial charge in [-0.05, 0) is 36.6 Å². The van der Waals surface area contributed by atoms with Crippen LogP contribution in [0.1, 0.15) is 28.8 Å². The van der Waals surface area contributed by atoms with Crippen LogP contribution >= 0.6 is 0 Å². The van der Waals surface area contributed by atoms with Crippen LogP contribution in [0.15, 0.2) is 18.2 Å². The summed E-state index contributed by atoms with van der Waals surface area (Å²) in [7, 11) is -3.01. The van der Waals surface area contributed by atoms with Gasteiger partial charge in [-0.1, -0.05) is 0 Å². The van der Waals surface area contributed by atoms with Crippen LogP contribution in [0.3, 0.4) is 0 Å². The zero-order valence-corrected chi connectivity index (χ0v) is 12.2. The van der Waals surface area contributed by atoms with E-state index in [-0.39, 0.29) is 29.4 Å². The molecule has 2 aliphatic heterocycles. The topological polar surface area (TPSA) is 92.3 Å². The molecule has 2 aliphatic rings. The Morgan fingerprint density at radius 2 is 2.10 bits per heavy atom. The monoisotopic (exact) mass is 308 g/mol. The maximum atomic E-state index is 12.2. The first-order valence-electron chi connectivity index (χ1n) is 6.87. The molecule has 3 rings (SSSR count). The van der Waals surface area contributed by atoms with E-state index in [1.165, 1.54) is 0 Å². The number of fused-ring (bicyclic) bond motifs is 1. The summed E-state index contributed by atoms with van der Waals surface area (Å²) in [6.45, 7) is 0. The Morgan fingerprint density at radius 3 is 2.81 bits per heavy atom. The predicted molar refractivity (Wildman–Crippen MR) is 77.9 cm³/mol. The molecule has 2 N–H and O–H groups in total. The van der Waals surface area contributed by atoms with Crippen molar-refractivity contribution in [1.29, 1.82) is 0 Å². The van der Waals surface area contributed by atoms with Crippen molar-refractivity contribution in [2.24, 2.45) is 0 Å². The van der Waals surface area contributed by atoms with Gasteiger partial charge in [-0.25, -0.2) is 8.42 Å². The maximum absolute atomic E-state index is 12.2. The minimum Gasteiger partial charge on any atom is -0.348 e. The number of carbonyl (C=O) groups is 2. The van der Waals surface area contributed by atoms with Crippen LogP contribution in [0.2, 0.25) is 0 Å². The van der Waals surface area contributed by atoms with E-state index in [4.69, 9.17) is 0 Å². The second-order valence-electron chi connectivity index (χ2n) is 5.49. The Balaban J connectivity index is 1.72. The summed E-state index contributed by atoms with van der Waals surface area (Å²) in [5.41, 5.74) is 2.17. The molecule has 7 heteroatoms. The Labute approximate surface area is 122 Å². The Bertz CT molecular complexity index is 712. The number of aryl methyl sites for hydroxylation is 1. The normalized spacial score (nSPS) is 23.2. The van der Waals surface area contributed by atoms with Gasteiger partial charge in [0.05, 0.1) is 11.5 Å². The average molecular weight is 308 g/mol. The lowest BCUT2D eigenvalue weighted by atomic mass is 10.00. The number of carbonyl (C=O) groups excluding carboxylic acids is 2. The average Bonchev–Trinajstić information content (AvgIpc) is 2.77. The number of sulfone groups is 1. The molecule has 0 bridgehead atoms. The van der Waals surface area contributed by atoms with Gasteiger partial charge in [-0.15, -0.1) is 0 Å². The summed E-state index contributed by atoms with van der Waals surface area (Å²) >= 11 is 0. The fourth-order valence-electron chi connectivity index (χ4n) is 2.70. The Hall–Kier alpha value is -1.89. The molecule has 21 heavy (non-hydrogen) atoms. The van der Waals surface area contributed by atoms with Crippen LogP contribution in [0.25, 0.3) is 0 Å². The zero-order chi connectivity index (χ0) is 15.0. The lowest BCUT2D eigenvalue weighted by Gasteiger charge is -2.18. The van der Waals surface area contributed by atoms with Crippen molar-refractivity contribution in [3.05, 3.63) is 29.3 Å². The number of anilines is 1. The SMILES string of the molecule is O=C1CCc2cc(C(=O)NC3CCS(=O)(=O)C3)ccc2N1. The molecule has 0 saturated carbocycles. The van der Waals surface area contributed by atoms with Crippen LogP contribution in [0, 0.1) is 0 Å². The first-order valence-corrected chi connectivity index (χ1v) is 8.69. The van der Waals surface area contributed by atoms with Crippen LogP contribution in [0.5, 0.6) is 0 Å². The molecule has 1 aromatic carbocycles. The Kier molecular flexibility index (Phi) is 3.44. The zero-order valence-electron chi connectivity index (χ0n) is 11.4. The van der Waals surface area contributed by atoms with E-state index in [0.717, 1.165) is 11.3 Å². The summed E-state index contributed by atoms with van der Waals surface area (Å²) in [4.78, 5) is 23.5. The first kappa shape index (κ1) is 14.1. The second-order valence-corrected chi connectivity index (χ2v) is 7.72. The highest BCUT2D eigenvalue weighted by atomic mass is 32.2. The summed E-state index contributed by atoms with van der Waals surface area (Å²) in [6.07, 6.45) is 1.49. The highest BCUT2D eigenvalue weighted by Gasteiger charge is 2.29. The molecule has 1 fully saturated rings.